The number of rotatable bonds is 6. The van der Waals surface area contributed by atoms with Crippen LogP contribution in [-0.2, 0) is 0 Å². The van der Waals surface area contributed by atoms with E-state index in [9.17, 15) is 5.11 Å². The molecule has 0 aliphatic heterocycles. The van der Waals surface area contributed by atoms with Crippen molar-refractivity contribution < 1.29 is 14.6 Å². The van der Waals surface area contributed by atoms with E-state index in [1.54, 1.807) is 12.1 Å². The maximum absolute atomic E-state index is 9.61. The molecule has 1 aromatic rings. The van der Waals surface area contributed by atoms with E-state index in [-0.39, 0.29) is 6.10 Å². The fraction of sp³-hybridized carbons (Fsp3) is 0.412. The summed E-state index contributed by atoms with van der Waals surface area (Å²) in [4.78, 5) is 0. The molecule has 4 nitrogen and oxygen atoms in total. The molecule has 0 aromatic heterocycles. The first-order valence-electron chi connectivity index (χ1n) is 7.36. The average molecular weight is 415 g/mol. The molecular weight excluding hydrogens is 393 g/mol. The summed E-state index contributed by atoms with van der Waals surface area (Å²) >= 11 is 2.35. The Bertz CT molecular complexity index is 567. The van der Waals surface area contributed by atoms with Gasteiger partial charge in [-0.05, 0) is 58.6 Å². The highest BCUT2D eigenvalue weighted by Crippen LogP contribution is 2.29. The normalized spacial score (nSPS) is 19.0. The molecule has 0 amide bonds. The van der Waals surface area contributed by atoms with Crippen LogP contribution in [0.3, 0.4) is 0 Å². The lowest BCUT2D eigenvalue weighted by molar-refractivity contribution is 0.183. The van der Waals surface area contributed by atoms with Gasteiger partial charge >= 0.3 is 0 Å². The van der Waals surface area contributed by atoms with Crippen molar-refractivity contribution in [2.24, 2.45) is 11.7 Å². The van der Waals surface area contributed by atoms with Gasteiger partial charge in [0.15, 0.2) is 0 Å². The van der Waals surface area contributed by atoms with Crippen LogP contribution in [0.5, 0.6) is 11.5 Å². The van der Waals surface area contributed by atoms with Crippen LogP contribution in [0.1, 0.15) is 32.1 Å². The number of benzene rings is 1. The molecule has 0 saturated heterocycles. The highest BCUT2D eigenvalue weighted by molar-refractivity contribution is 14.1. The number of halogens is 1. The molecule has 0 unspecified atom stereocenters. The second-order valence-corrected chi connectivity index (χ2v) is 6.82. The zero-order valence-electron chi connectivity index (χ0n) is 12.8. The van der Waals surface area contributed by atoms with Gasteiger partial charge in [0.05, 0.1) is 12.7 Å². The predicted octanol–water partition coefficient (Wildman–Crippen LogP) is 3.70. The molecule has 3 N–H and O–H groups in total. The van der Waals surface area contributed by atoms with E-state index in [1.165, 1.54) is 3.58 Å². The third kappa shape index (κ3) is 5.00. The van der Waals surface area contributed by atoms with Crippen molar-refractivity contribution in [1.29, 1.82) is 0 Å². The number of allylic oxidation sites excluding steroid dienone is 3. The summed E-state index contributed by atoms with van der Waals surface area (Å²) in [6, 6.07) is 5.33. The molecule has 120 valence electrons. The SMILES string of the molecule is CC(C)Oc1cc(OC[C@@H]2CC=CC=C2I)cc([C@H](N)O)c1. The average Bonchev–Trinajstić information content (AvgIpc) is 2.45. The summed E-state index contributed by atoms with van der Waals surface area (Å²) < 4.78 is 12.9. The van der Waals surface area contributed by atoms with Gasteiger partial charge in [-0.3, -0.25) is 0 Å². The van der Waals surface area contributed by atoms with Gasteiger partial charge < -0.3 is 20.3 Å². The zero-order chi connectivity index (χ0) is 16.1. The van der Waals surface area contributed by atoms with Gasteiger partial charge in [0.2, 0.25) is 0 Å². The Labute approximate surface area is 145 Å². The Morgan fingerprint density at radius 2 is 2.05 bits per heavy atom. The largest absolute Gasteiger partial charge is 0.493 e. The molecule has 2 atom stereocenters. The first kappa shape index (κ1) is 17.3. The lowest BCUT2D eigenvalue weighted by Crippen LogP contribution is -2.14. The highest BCUT2D eigenvalue weighted by Gasteiger charge is 2.15. The van der Waals surface area contributed by atoms with E-state index in [0.717, 1.165) is 6.42 Å². The molecule has 0 spiro atoms. The minimum atomic E-state index is -1.05. The molecule has 5 heteroatoms. The van der Waals surface area contributed by atoms with Gasteiger partial charge in [0.25, 0.3) is 0 Å². The van der Waals surface area contributed by atoms with E-state index in [2.05, 4.69) is 40.8 Å². The predicted molar refractivity (Wildman–Crippen MR) is 96.2 cm³/mol. The number of hydrogen-bond donors (Lipinski definition) is 2. The summed E-state index contributed by atoms with van der Waals surface area (Å²) in [5.74, 6) is 1.68. The zero-order valence-corrected chi connectivity index (χ0v) is 15.0. The van der Waals surface area contributed by atoms with Gasteiger partial charge in [0.1, 0.15) is 17.7 Å². The minimum absolute atomic E-state index is 0.0466. The molecule has 0 bridgehead atoms. The number of hydrogen-bond acceptors (Lipinski definition) is 4. The molecular formula is C17H22INO3. The first-order chi connectivity index (χ1) is 10.5. The topological polar surface area (TPSA) is 64.7 Å². The van der Waals surface area contributed by atoms with Gasteiger partial charge in [-0.25, -0.2) is 0 Å². The van der Waals surface area contributed by atoms with Crippen LogP contribution < -0.4 is 15.2 Å². The van der Waals surface area contributed by atoms with Crippen LogP contribution in [0.2, 0.25) is 0 Å². The lowest BCUT2D eigenvalue weighted by Gasteiger charge is -2.19. The highest BCUT2D eigenvalue weighted by atomic mass is 127. The molecule has 22 heavy (non-hydrogen) atoms. The molecule has 0 heterocycles. The number of aliphatic hydroxyl groups is 1. The van der Waals surface area contributed by atoms with E-state index < -0.39 is 6.23 Å². The number of nitrogens with two attached hydrogens (primary N) is 1. The number of ether oxygens (including phenoxy) is 2. The van der Waals surface area contributed by atoms with Gasteiger partial charge in [0, 0.05) is 17.5 Å². The summed E-state index contributed by atoms with van der Waals surface area (Å²) in [5.41, 5.74) is 6.15. The Kier molecular flexibility index (Phi) is 6.28. The standard InChI is InChI=1S/C17H22INO3/c1-11(2)22-15-8-13(17(19)20)7-14(9-15)21-10-12-5-3-4-6-16(12)18/h3-4,6-9,11-12,17,20H,5,10,19H2,1-2H3/t12-,17+/m0/s1. The van der Waals surface area contributed by atoms with E-state index in [1.807, 2.05) is 19.9 Å². The molecule has 2 rings (SSSR count). The first-order valence-corrected chi connectivity index (χ1v) is 8.44. The van der Waals surface area contributed by atoms with E-state index in [4.69, 9.17) is 15.2 Å². The van der Waals surface area contributed by atoms with Crippen LogP contribution in [0, 0.1) is 5.92 Å². The monoisotopic (exact) mass is 415 g/mol. The van der Waals surface area contributed by atoms with Crippen LogP contribution in [0.25, 0.3) is 0 Å². The Hall–Kier alpha value is -1.05. The van der Waals surface area contributed by atoms with Gasteiger partial charge in [-0.1, -0.05) is 18.2 Å². The fourth-order valence-electron chi connectivity index (χ4n) is 2.18. The summed E-state index contributed by atoms with van der Waals surface area (Å²) in [5, 5.41) is 9.61. The second-order valence-electron chi connectivity index (χ2n) is 5.57. The van der Waals surface area contributed by atoms with Crippen molar-refractivity contribution >= 4 is 22.6 Å². The van der Waals surface area contributed by atoms with Gasteiger partial charge in [-0.15, -0.1) is 0 Å². The van der Waals surface area contributed by atoms with Crippen molar-refractivity contribution in [1.82, 2.24) is 0 Å². The van der Waals surface area contributed by atoms with Crippen LogP contribution in [0.15, 0.2) is 40.0 Å². The fourth-order valence-corrected chi connectivity index (χ4v) is 2.83. The minimum Gasteiger partial charge on any atom is -0.493 e. The Morgan fingerprint density at radius 1 is 1.32 bits per heavy atom. The molecule has 1 aliphatic rings. The van der Waals surface area contributed by atoms with Crippen LogP contribution in [0.4, 0.5) is 0 Å². The maximum atomic E-state index is 9.61. The van der Waals surface area contributed by atoms with Gasteiger partial charge in [-0.2, -0.15) is 0 Å². The summed E-state index contributed by atoms with van der Waals surface area (Å²) in [7, 11) is 0. The second kappa shape index (κ2) is 7.99. The van der Waals surface area contributed by atoms with Crippen molar-refractivity contribution in [3.8, 4) is 11.5 Å². The molecule has 1 aromatic carbocycles. The van der Waals surface area contributed by atoms with Crippen LogP contribution in [-0.4, -0.2) is 17.8 Å². The third-order valence-electron chi connectivity index (χ3n) is 3.27. The van der Waals surface area contributed by atoms with Crippen LogP contribution >= 0.6 is 22.6 Å². The molecule has 0 fully saturated rings. The summed E-state index contributed by atoms with van der Waals surface area (Å²) in [6.45, 7) is 4.49. The Balaban J connectivity index is 2.10. The molecule has 0 saturated carbocycles. The number of aliphatic hydroxyl groups excluding tert-OH is 1. The molecule has 0 radical (unpaired) electrons. The van der Waals surface area contributed by atoms with Crippen molar-refractivity contribution in [3.05, 3.63) is 45.6 Å². The van der Waals surface area contributed by atoms with Crippen molar-refractivity contribution in [2.45, 2.75) is 32.6 Å². The lowest BCUT2D eigenvalue weighted by atomic mass is 10.0. The third-order valence-corrected chi connectivity index (χ3v) is 4.51. The Morgan fingerprint density at radius 3 is 2.68 bits per heavy atom. The van der Waals surface area contributed by atoms with E-state index >= 15 is 0 Å². The summed E-state index contributed by atoms with van der Waals surface area (Å²) in [6.07, 6.45) is 6.29. The van der Waals surface area contributed by atoms with Crippen molar-refractivity contribution in [2.75, 3.05) is 6.61 Å². The quantitative estimate of drug-likeness (QED) is 0.550. The molecule has 1 aliphatic carbocycles. The maximum Gasteiger partial charge on any atom is 0.128 e. The van der Waals surface area contributed by atoms with E-state index in [0.29, 0.717) is 29.6 Å². The smallest absolute Gasteiger partial charge is 0.128 e. The van der Waals surface area contributed by atoms with Crippen molar-refractivity contribution in [3.63, 3.8) is 0 Å².